The molecule has 0 spiro atoms. The van der Waals surface area contributed by atoms with Crippen molar-refractivity contribution in [2.45, 2.75) is 31.3 Å². The summed E-state index contributed by atoms with van der Waals surface area (Å²) in [4.78, 5) is 0.249. The quantitative estimate of drug-likeness (QED) is 0.832. The second-order valence-electron chi connectivity index (χ2n) is 4.94. The molecule has 1 aromatic carbocycles. The van der Waals surface area contributed by atoms with E-state index in [2.05, 4.69) is 11.6 Å². The lowest BCUT2D eigenvalue weighted by atomic mass is 10.2. The van der Waals surface area contributed by atoms with Gasteiger partial charge in [0.05, 0.1) is 11.5 Å². The molecule has 2 rings (SSSR count). The molecular formula is C12H17NO3S. The molecule has 0 saturated heterocycles. The Kier molecular flexibility index (Phi) is 3.25. The van der Waals surface area contributed by atoms with Crippen LogP contribution in [0.1, 0.15) is 25.3 Å². The first kappa shape index (κ1) is 12.5. The van der Waals surface area contributed by atoms with Crippen molar-refractivity contribution in [1.82, 2.24) is 4.72 Å². The van der Waals surface area contributed by atoms with Crippen molar-refractivity contribution in [2.24, 2.45) is 5.41 Å². The van der Waals surface area contributed by atoms with Crippen LogP contribution >= 0.6 is 0 Å². The highest BCUT2D eigenvalue weighted by atomic mass is 32.2. The number of hydrogen-bond donors (Lipinski definition) is 2. The average Bonchev–Trinajstić information content (AvgIpc) is 3.06. The minimum absolute atomic E-state index is 0.0776. The highest BCUT2D eigenvalue weighted by Crippen LogP contribution is 2.44. The fourth-order valence-electron chi connectivity index (χ4n) is 1.52. The topological polar surface area (TPSA) is 66.4 Å². The number of aliphatic hydroxyl groups excluding tert-OH is 1. The van der Waals surface area contributed by atoms with Gasteiger partial charge in [-0.05, 0) is 36.0 Å². The molecule has 0 radical (unpaired) electrons. The van der Waals surface area contributed by atoms with Crippen molar-refractivity contribution in [1.29, 1.82) is 0 Å². The smallest absolute Gasteiger partial charge is 0.240 e. The van der Waals surface area contributed by atoms with Crippen LogP contribution in [0.3, 0.4) is 0 Å². The van der Waals surface area contributed by atoms with Gasteiger partial charge in [-0.3, -0.25) is 0 Å². The van der Waals surface area contributed by atoms with E-state index in [1.165, 1.54) is 12.1 Å². The normalized spacial score (nSPS) is 18.0. The lowest BCUT2D eigenvalue weighted by molar-refractivity contribution is 0.282. The lowest BCUT2D eigenvalue weighted by Gasteiger charge is -2.11. The van der Waals surface area contributed by atoms with E-state index in [1.807, 2.05) is 0 Å². The predicted octanol–water partition coefficient (Wildman–Crippen LogP) is 1.26. The first-order valence-corrected chi connectivity index (χ1v) is 7.13. The maximum Gasteiger partial charge on any atom is 0.240 e. The summed E-state index contributed by atoms with van der Waals surface area (Å²) in [7, 11) is -3.41. The van der Waals surface area contributed by atoms with E-state index in [-0.39, 0.29) is 16.9 Å². The maximum atomic E-state index is 11.9. The second kappa shape index (κ2) is 4.40. The molecule has 0 aliphatic heterocycles. The summed E-state index contributed by atoms with van der Waals surface area (Å²) in [6.45, 7) is 2.49. The average molecular weight is 255 g/mol. The Balaban J connectivity index is 2.07. The standard InChI is InChI=1S/C12H17NO3S/c1-12(6-7-12)9-13-17(15,16)11-4-2-10(8-14)3-5-11/h2-5,13-14H,6-9H2,1H3. The molecule has 4 nitrogen and oxygen atoms in total. The molecule has 1 saturated carbocycles. The van der Waals surface area contributed by atoms with E-state index in [1.54, 1.807) is 12.1 Å². The van der Waals surface area contributed by atoms with Gasteiger partial charge in [0.15, 0.2) is 0 Å². The predicted molar refractivity (Wildman–Crippen MR) is 64.9 cm³/mol. The van der Waals surface area contributed by atoms with Crippen molar-refractivity contribution >= 4 is 10.0 Å². The number of rotatable bonds is 5. The van der Waals surface area contributed by atoms with Gasteiger partial charge in [-0.15, -0.1) is 0 Å². The lowest BCUT2D eigenvalue weighted by Crippen LogP contribution is -2.29. The molecule has 0 heterocycles. The first-order chi connectivity index (χ1) is 7.95. The maximum absolute atomic E-state index is 11.9. The zero-order valence-corrected chi connectivity index (χ0v) is 10.6. The molecule has 1 fully saturated rings. The van der Waals surface area contributed by atoms with Crippen molar-refractivity contribution in [3.63, 3.8) is 0 Å². The Labute approximate surface area is 102 Å². The second-order valence-corrected chi connectivity index (χ2v) is 6.70. The van der Waals surface area contributed by atoms with Gasteiger partial charge in [-0.1, -0.05) is 19.1 Å². The Morgan fingerprint density at radius 1 is 1.29 bits per heavy atom. The summed E-state index contributed by atoms with van der Waals surface area (Å²) >= 11 is 0. The molecule has 17 heavy (non-hydrogen) atoms. The minimum atomic E-state index is -3.41. The van der Waals surface area contributed by atoms with Gasteiger partial charge >= 0.3 is 0 Å². The Hall–Kier alpha value is -0.910. The number of benzene rings is 1. The molecule has 0 bridgehead atoms. The van der Waals surface area contributed by atoms with Crippen LogP contribution in [0.2, 0.25) is 0 Å². The van der Waals surface area contributed by atoms with E-state index < -0.39 is 10.0 Å². The van der Waals surface area contributed by atoms with Crippen LogP contribution in [-0.2, 0) is 16.6 Å². The number of aliphatic hydroxyl groups is 1. The Bertz CT molecular complexity index is 489. The molecule has 0 aromatic heterocycles. The molecule has 94 valence electrons. The molecule has 1 aromatic rings. The highest BCUT2D eigenvalue weighted by molar-refractivity contribution is 7.89. The highest BCUT2D eigenvalue weighted by Gasteiger charge is 2.38. The van der Waals surface area contributed by atoms with Gasteiger partial charge in [-0.2, -0.15) is 0 Å². The SMILES string of the molecule is CC1(CNS(=O)(=O)c2ccc(CO)cc2)CC1. The van der Waals surface area contributed by atoms with Crippen LogP contribution in [-0.4, -0.2) is 20.1 Å². The summed E-state index contributed by atoms with van der Waals surface area (Å²) in [5.74, 6) is 0. The van der Waals surface area contributed by atoms with E-state index in [9.17, 15) is 8.42 Å². The van der Waals surface area contributed by atoms with Crippen LogP contribution in [0.15, 0.2) is 29.2 Å². The fraction of sp³-hybridized carbons (Fsp3) is 0.500. The summed E-state index contributed by atoms with van der Waals surface area (Å²) in [6, 6.07) is 6.27. The minimum Gasteiger partial charge on any atom is -0.392 e. The summed E-state index contributed by atoms with van der Waals surface area (Å²) < 4.78 is 26.5. The molecule has 0 amide bonds. The number of sulfonamides is 1. The Morgan fingerprint density at radius 2 is 1.88 bits per heavy atom. The number of nitrogens with one attached hydrogen (secondary N) is 1. The van der Waals surface area contributed by atoms with E-state index in [0.29, 0.717) is 12.1 Å². The van der Waals surface area contributed by atoms with Gasteiger partial charge in [0.25, 0.3) is 0 Å². The largest absolute Gasteiger partial charge is 0.392 e. The Morgan fingerprint density at radius 3 is 2.35 bits per heavy atom. The van der Waals surface area contributed by atoms with Gasteiger partial charge in [0.1, 0.15) is 0 Å². The van der Waals surface area contributed by atoms with Crippen LogP contribution in [0.5, 0.6) is 0 Å². The monoisotopic (exact) mass is 255 g/mol. The van der Waals surface area contributed by atoms with Crippen molar-refractivity contribution < 1.29 is 13.5 Å². The first-order valence-electron chi connectivity index (χ1n) is 5.65. The van der Waals surface area contributed by atoms with Gasteiger partial charge in [-0.25, -0.2) is 13.1 Å². The van der Waals surface area contributed by atoms with Crippen LogP contribution in [0.25, 0.3) is 0 Å². The molecule has 5 heteroatoms. The van der Waals surface area contributed by atoms with Crippen LogP contribution in [0, 0.1) is 5.41 Å². The fourth-order valence-corrected chi connectivity index (χ4v) is 2.72. The van der Waals surface area contributed by atoms with Crippen LogP contribution < -0.4 is 4.72 Å². The molecule has 2 N–H and O–H groups in total. The zero-order chi connectivity index (χ0) is 12.5. The summed E-state index contributed by atoms with van der Waals surface area (Å²) in [5, 5.41) is 8.88. The zero-order valence-electron chi connectivity index (χ0n) is 9.81. The molecule has 1 aliphatic rings. The molecular weight excluding hydrogens is 238 g/mol. The van der Waals surface area contributed by atoms with Gasteiger partial charge < -0.3 is 5.11 Å². The van der Waals surface area contributed by atoms with E-state index >= 15 is 0 Å². The molecule has 0 unspecified atom stereocenters. The third-order valence-corrected chi connectivity index (χ3v) is 4.63. The van der Waals surface area contributed by atoms with E-state index in [0.717, 1.165) is 12.8 Å². The van der Waals surface area contributed by atoms with E-state index in [4.69, 9.17) is 5.11 Å². The van der Waals surface area contributed by atoms with Crippen LogP contribution in [0.4, 0.5) is 0 Å². The molecule has 1 aliphatic carbocycles. The number of hydrogen-bond acceptors (Lipinski definition) is 3. The van der Waals surface area contributed by atoms with Gasteiger partial charge in [0, 0.05) is 6.54 Å². The van der Waals surface area contributed by atoms with Crippen molar-refractivity contribution in [3.05, 3.63) is 29.8 Å². The van der Waals surface area contributed by atoms with Crippen molar-refractivity contribution in [3.8, 4) is 0 Å². The summed E-state index contributed by atoms with van der Waals surface area (Å²) in [5.41, 5.74) is 0.857. The van der Waals surface area contributed by atoms with Gasteiger partial charge in [0.2, 0.25) is 10.0 Å². The third-order valence-electron chi connectivity index (χ3n) is 3.21. The molecule has 0 atom stereocenters. The summed E-state index contributed by atoms with van der Waals surface area (Å²) in [6.07, 6.45) is 2.16. The van der Waals surface area contributed by atoms with Crippen molar-refractivity contribution in [2.75, 3.05) is 6.54 Å². The third kappa shape index (κ3) is 3.06.